The quantitative estimate of drug-likeness (QED) is 0.654. The van der Waals surface area contributed by atoms with Crippen LogP contribution in [-0.4, -0.2) is 36.2 Å². The van der Waals surface area contributed by atoms with Crippen LogP contribution in [0.25, 0.3) is 11.0 Å². The summed E-state index contributed by atoms with van der Waals surface area (Å²) in [7, 11) is -4.05. The molecule has 136 valence electrons. The van der Waals surface area contributed by atoms with Crippen molar-refractivity contribution in [2.45, 2.75) is 18.7 Å². The SMILES string of the molecule is Cc1ccc(S(=O)(=O)O)c(C)c1.c1cnc2c3c(ccc2n1)OCCO3. The number of ether oxygens (including phenoxy) is 2. The lowest BCUT2D eigenvalue weighted by atomic mass is 10.2. The van der Waals surface area contributed by atoms with Crippen molar-refractivity contribution < 1.29 is 22.4 Å². The molecule has 0 fully saturated rings. The highest BCUT2D eigenvalue weighted by Gasteiger charge is 2.15. The molecule has 0 bridgehead atoms. The fourth-order valence-electron chi connectivity index (χ4n) is 2.63. The van der Waals surface area contributed by atoms with Crippen LogP contribution in [0, 0.1) is 13.8 Å². The van der Waals surface area contributed by atoms with Gasteiger partial charge in [-0.25, -0.2) is 4.98 Å². The molecule has 0 saturated carbocycles. The summed E-state index contributed by atoms with van der Waals surface area (Å²) < 4.78 is 41.1. The Bertz CT molecular complexity index is 1050. The first-order valence-corrected chi connectivity index (χ1v) is 9.34. The van der Waals surface area contributed by atoms with E-state index in [0.717, 1.165) is 22.3 Å². The average molecular weight is 374 g/mol. The van der Waals surface area contributed by atoms with E-state index in [2.05, 4.69) is 9.97 Å². The van der Waals surface area contributed by atoms with E-state index in [0.29, 0.717) is 24.5 Å². The molecule has 0 unspecified atom stereocenters. The minimum Gasteiger partial charge on any atom is -0.486 e. The minimum atomic E-state index is -4.05. The maximum atomic E-state index is 10.7. The Balaban J connectivity index is 0.000000153. The van der Waals surface area contributed by atoms with Crippen LogP contribution >= 0.6 is 0 Å². The first-order chi connectivity index (χ1) is 12.4. The van der Waals surface area contributed by atoms with Gasteiger partial charge in [-0.1, -0.05) is 17.7 Å². The molecule has 1 aromatic heterocycles. The highest BCUT2D eigenvalue weighted by molar-refractivity contribution is 7.85. The van der Waals surface area contributed by atoms with Crippen molar-refractivity contribution in [1.82, 2.24) is 9.97 Å². The Kier molecular flexibility index (Phi) is 5.06. The summed E-state index contributed by atoms with van der Waals surface area (Å²) in [5.74, 6) is 1.46. The number of benzene rings is 2. The van der Waals surface area contributed by atoms with Gasteiger partial charge in [0.15, 0.2) is 11.5 Å². The molecule has 2 aromatic carbocycles. The molecule has 1 aliphatic rings. The zero-order valence-corrected chi connectivity index (χ0v) is 15.2. The van der Waals surface area contributed by atoms with Gasteiger partial charge in [0, 0.05) is 12.4 Å². The molecule has 26 heavy (non-hydrogen) atoms. The van der Waals surface area contributed by atoms with Gasteiger partial charge in [-0.2, -0.15) is 8.42 Å². The number of nitrogens with zero attached hydrogens (tertiary/aromatic N) is 2. The molecular weight excluding hydrogens is 356 g/mol. The van der Waals surface area contributed by atoms with Crippen LogP contribution in [0.1, 0.15) is 11.1 Å². The van der Waals surface area contributed by atoms with Crippen molar-refractivity contribution in [2.75, 3.05) is 13.2 Å². The summed E-state index contributed by atoms with van der Waals surface area (Å²) in [4.78, 5) is 8.40. The molecule has 1 aliphatic heterocycles. The van der Waals surface area contributed by atoms with Crippen molar-refractivity contribution in [3.63, 3.8) is 0 Å². The van der Waals surface area contributed by atoms with Crippen LogP contribution in [0.5, 0.6) is 11.5 Å². The summed E-state index contributed by atoms with van der Waals surface area (Å²) in [6.07, 6.45) is 3.32. The highest BCUT2D eigenvalue weighted by Crippen LogP contribution is 2.35. The van der Waals surface area contributed by atoms with E-state index in [9.17, 15) is 8.42 Å². The van der Waals surface area contributed by atoms with Gasteiger partial charge < -0.3 is 9.47 Å². The fourth-order valence-corrected chi connectivity index (χ4v) is 3.34. The van der Waals surface area contributed by atoms with Crippen LogP contribution in [0.3, 0.4) is 0 Å². The Labute approximate surface area is 151 Å². The predicted molar refractivity (Wildman–Crippen MR) is 96.3 cm³/mol. The van der Waals surface area contributed by atoms with Crippen LogP contribution in [0.15, 0.2) is 47.6 Å². The normalized spacial score (nSPS) is 13.0. The summed E-state index contributed by atoms with van der Waals surface area (Å²) >= 11 is 0. The van der Waals surface area contributed by atoms with E-state index in [1.165, 1.54) is 6.07 Å². The topological polar surface area (TPSA) is 98.6 Å². The molecule has 8 heteroatoms. The number of aryl methyl sites for hydroxylation is 2. The van der Waals surface area contributed by atoms with E-state index in [4.69, 9.17) is 14.0 Å². The summed E-state index contributed by atoms with van der Waals surface area (Å²) in [6.45, 7) is 4.68. The first kappa shape index (κ1) is 18.1. The molecule has 1 N–H and O–H groups in total. The van der Waals surface area contributed by atoms with Crippen molar-refractivity contribution in [1.29, 1.82) is 0 Å². The van der Waals surface area contributed by atoms with Gasteiger partial charge in [0.1, 0.15) is 18.7 Å². The lowest BCUT2D eigenvalue weighted by Gasteiger charge is -2.18. The monoisotopic (exact) mass is 374 g/mol. The van der Waals surface area contributed by atoms with E-state index >= 15 is 0 Å². The molecule has 7 nitrogen and oxygen atoms in total. The minimum absolute atomic E-state index is 0.0203. The molecule has 0 radical (unpaired) electrons. The average Bonchev–Trinajstić information content (AvgIpc) is 2.61. The third-order valence-electron chi connectivity index (χ3n) is 3.75. The molecule has 0 amide bonds. The zero-order valence-electron chi connectivity index (χ0n) is 14.3. The van der Waals surface area contributed by atoms with E-state index in [-0.39, 0.29) is 4.90 Å². The van der Waals surface area contributed by atoms with Gasteiger partial charge in [-0.05, 0) is 37.6 Å². The van der Waals surface area contributed by atoms with Gasteiger partial charge in [0.2, 0.25) is 0 Å². The third kappa shape index (κ3) is 3.92. The van der Waals surface area contributed by atoms with Gasteiger partial charge in [-0.3, -0.25) is 9.54 Å². The molecular formula is C18H18N2O5S. The van der Waals surface area contributed by atoms with Crippen molar-refractivity contribution >= 4 is 21.2 Å². The lowest BCUT2D eigenvalue weighted by Crippen LogP contribution is -2.15. The molecule has 0 aliphatic carbocycles. The molecule has 2 heterocycles. The van der Waals surface area contributed by atoms with Gasteiger partial charge in [0.25, 0.3) is 10.1 Å². The van der Waals surface area contributed by atoms with E-state index in [1.807, 2.05) is 19.1 Å². The Morgan fingerprint density at radius 2 is 1.73 bits per heavy atom. The molecule has 4 rings (SSSR count). The molecule has 0 spiro atoms. The van der Waals surface area contributed by atoms with Crippen molar-refractivity contribution in [3.05, 3.63) is 53.9 Å². The van der Waals surface area contributed by atoms with Gasteiger partial charge in [0.05, 0.1) is 10.4 Å². The lowest BCUT2D eigenvalue weighted by molar-refractivity contribution is 0.173. The Morgan fingerprint density at radius 1 is 1.00 bits per heavy atom. The van der Waals surface area contributed by atoms with Crippen LogP contribution < -0.4 is 9.47 Å². The first-order valence-electron chi connectivity index (χ1n) is 7.90. The number of hydrogen-bond acceptors (Lipinski definition) is 6. The summed E-state index contributed by atoms with van der Waals surface area (Å²) in [5.41, 5.74) is 3.14. The van der Waals surface area contributed by atoms with Crippen LogP contribution in [0.2, 0.25) is 0 Å². The van der Waals surface area contributed by atoms with Crippen LogP contribution in [-0.2, 0) is 10.1 Å². The van der Waals surface area contributed by atoms with E-state index in [1.54, 1.807) is 31.5 Å². The Hall–Kier alpha value is -2.71. The number of aromatic nitrogens is 2. The Morgan fingerprint density at radius 3 is 2.46 bits per heavy atom. The smallest absolute Gasteiger partial charge is 0.294 e. The van der Waals surface area contributed by atoms with Crippen molar-refractivity contribution in [3.8, 4) is 11.5 Å². The largest absolute Gasteiger partial charge is 0.486 e. The maximum Gasteiger partial charge on any atom is 0.294 e. The number of fused-ring (bicyclic) bond motifs is 3. The third-order valence-corrected chi connectivity index (χ3v) is 4.77. The second-order valence-electron chi connectivity index (χ2n) is 5.76. The standard InChI is InChI=1S/C10H8N2O2.C8H10O3S/c1-2-8-10(14-6-5-13-8)9-7(1)11-3-4-12-9;1-6-3-4-8(7(2)5-6)12(9,10)11/h1-4H,5-6H2;3-5H,1-2H3,(H,9,10,11). The molecule has 0 saturated heterocycles. The molecule has 0 atom stereocenters. The summed E-state index contributed by atoms with van der Waals surface area (Å²) in [6, 6.07) is 8.51. The zero-order chi connectivity index (χ0) is 18.7. The predicted octanol–water partition coefficient (Wildman–Crippen LogP) is 2.95. The van der Waals surface area contributed by atoms with E-state index < -0.39 is 10.1 Å². The van der Waals surface area contributed by atoms with Gasteiger partial charge >= 0.3 is 0 Å². The molecule has 3 aromatic rings. The number of hydrogen-bond donors (Lipinski definition) is 1. The maximum absolute atomic E-state index is 10.7. The second kappa shape index (κ2) is 7.27. The fraction of sp³-hybridized carbons (Fsp3) is 0.222. The summed E-state index contributed by atoms with van der Waals surface area (Å²) in [5, 5.41) is 0. The van der Waals surface area contributed by atoms with Gasteiger partial charge in [-0.15, -0.1) is 0 Å². The van der Waals surface area contributed by atoms with Crippen LogP contribution in [0.4, 0.5) is 0 Å². The number of rotatable bonds is 1. The second-order valence-corrected chi connectivity index (χ2v) is 7.15. The van der Waals surface area contributed by atoms with Crippen molar-refractivity contribution in [2.24, 2.45) is 0 Å². The highest BCUT2D eigenvalue weighted by atomic mass is 32.2.